The highest BCUT2D eigenvalue weighted by atomic mass is 32.2. The van der Waals surface area contributed by atoms with E-state index >= 15 is 0 Å². The van der Waals surface area contributed by atoms with Crippen LogP contribution in [0.1, 0.15) is 45.2 Å². The van der Waals surface area contributed by atoms with Crippen LogP contribution in [0.3, 0.4) is 0 Å². The average molecular weight is 375 g/mol. The number of fused-ring (bicyclic) bond motifs is 1. The SMILES string of the molecule is COc1ccc2ccccc2c1[C@H](N[S+]([O-])C(C)(C)C)C1CCNCC1. The molecule has 0 spiro atoms. The topological polar surface area (TPSA) is 56.3 Å². The summed E-state index contributed by atoms with van der Waals surface area (Å²) in [6.07, 6.45) is 2.12. The van der Waals surface area contributed by atoms with E-state index in [0.29, 0.717) is 5.92 Å². The van der Waals surface area contributed by atoms with Gasteiger partial charge in [-0.25, -0.2) is 0 Å². The van der Waals surface area contributed by atoms with Gasteiger partial charge in [-0.15, -0.1) is 4.72 Å². The minimum atomic E-state index is -1.15. The molecule has 5 heteroatoms. The van der Waals surface area contributed by atoms with E-state index in [0.717, 1.165) is 37.2 Å². The molecule has 0 radical (unpaired) electrons. The molecule has 1 unspecified atom stereocenters. The number of hydrogen-bond donors (Lipinski definition) is 2. The Kier molecular flexibility index (Phi) is 6.13. The summed E-state index contributed by atoms with van der Waals surface area (Å²) in [6, 6.07) is 12.5. The molecule has 1 heterocycles. The van der Waals surface area contributed by atoms with Gasteiger partial charge in [0.05, 0.1) is 13.2 Å². The van der Waals surface area contributed by atoms with Gasteiger partial charge in [0, 0.05) is 16.9 Å². The third kappa shape index (κ3) is 4.17. The largest absolute Gasteiger partial charge is 0.598 e. The molecule has 2 atom stereocenters. The first-order chi connectivity index (χ1) is 12.4. The molecule has 2 aromatic carbocycles. The van der Waals surface area contributed by atoms with Crippen LogP contribution in [0.15, 0.2) is 36.4 Å². The van der Waals surface area contributed by atoms with Gasteiger partial charge in [-0.2, -0.15) is 0 Å². The Hall–Kier alpha value is -1.27. The molecule has 3 rings (SSSR count). The van der Waals surface area contributed by atoms with E-state index in [1.807, 2.05) is 26.8 Å². The summed E-state index contributed by atoms with van der Waals surface area (Å²) in [5.74, 6) is 1.29. The maximum Gasteiger partial charge on any atom is 0.136 e. The third-order valence-electron chi connectivity index (χ3n) is 5.11. The van der Waals surface area contributed by atoms with Crippen LogP contribution in [-0.4, -0.2) is 29.5 Å². The molecule has 0 saturated carbocycles. The fraction of sp³-hybridized carbons (Fsp3) is 0.524. The molecule has 0 amide bonds. The van der Waals surface area contributed by atoms with Crippen molar-refractivity contribution in [1.29, 1.82) is 0 Å². The zero-order chi connectivity index (χ0) is 18.7. The summed E-state index contributed by atoms with van der Waals surface area (Å²) in [5, 5.41) is 5.80. The van der Waals surface area contributed by atoms with Crippen LogP contribution < -0.4 is 14.8 Å². The lowest BCUT2D eigenvalue weighted by Gasteiger charge is -2.35. The number of rotatable bonds is 5. The first kappa shape index (κ1) is 19.5. The van der Waals surface area contributed by atoms with Crippen molar-refractivity contribution in [2.45, 2.75) is 44.4 Å². The van der Waals surface area contributed by atoms with Crippen LogP contribution >= 0.6 is 0 Å². The second-order valence-corrected chi connectivity index (χ2v) is 9.96. The zero-order valence-electron chi connectivity index (χ0n) is 16.2. The second-order valence-electron chi connectivity index (χ2n) is 7.97. The molecule has 1 aliphatic heterocycles. The van der Waals surface area contributed by atoms with Crippen LogP contribution in [0.2, 0.25) is 0 Å². The normalized spacial score (nSPS) is 18.7. The van der Waals surface area contributed by atoms with Crippen LogP contribution in [-0.2, 0) is 11.4 Å². The third-order valence-corrected chi connectivity index (χ3v) is 6.69. The Morgan fingerprint density at radius 1 is 1.15 bits per heavy atom. The summed E-state index contributed by atoms with van der Waals surface area (Å²) < 4.78 is 21.9. The van der Waals surface area contributed by atoms with Gasteiger partial charge in [-0.1, -0.05) is 30.3 Å². The number of ether oxygens (including phenoxy) is 1. The second kappa shape index (κ2) is 8.17. The number of piperidine rings is 1. The monoisotopic (exact) mass is 374 g/mol. The molecule has 142 valence electrons. The van der Waals surface area contributed by atoms with E-state index < -0.39 is 11.4 Å². The van der Waals surface area contributed by atoms with Crippen molar-refractivity contribution < 1.29 is 9.29 Å². The fourth-order valence-corrected chi connectivity index (χ4v) is 4.53. The van der Waals surface area contributed by atoms with E-state index in [1.54, 1.807) is 7.11 Å². The molecule has 0 aliphatic carbocycles. The van der Waals surface area contributed by atoms with Gasteiger partial charge in [0.1, 0.15) is 10.5 Å². The molecule has 4 nitrogen and oxygen atoms in total. The Bertz CT molecular complexity index is 738. The van der Waals surface area contributed by atoms with Crippen LogP contribution in [0.5, 0.6) is 5.75 Å². The first-order valence-electron chi connectivity index (χ1n) is 9.36. The van der Waals surface area contributed by atoms with Crippen molar-refractivity contribution in [1.82, 2.24) is 10.0 Å². The molecule has 0 aromatic heterocycles. The number of hydrogen-bond acceptors (Lipinski definition) is 4. The van der Waals surface area contributed by atoms with Crippen molar-refractivity contribution in [3.05, 3.63) is 42.0 Å². The highest BCUT2D eigenvalue weighted by Crippen LogP contribution is 2.40. The molecule has 2 N–H and O–H groups in total. The van der Waals surface area contributed by atoms with Crippen molar-refractivity contribution in [3.8, 4) is 5.75 Å². The zero-order valence-corrected chi connectivity index (χ0v) is 17.0. The van der Waals surface area contributed by atoms with Gasteiger partial charge < -0.3 is 14.6 Å². The van der Waals surface area contributed by atoms with E-state index in [-0.39, 0.29) is 10.8 Å². The molecular formula is C21H30N2O2S. The van der Waals surface area contributed by atoms with Crippen molar-refractivity contribution >= 4 is 22.1 Å². The van der Waals surface area contributed by atoms with Crippen molar-refractivity contribution in [2.75, 3.05) is 20.2 Å². The maximum absolute atomic E-state index is 13.0. The van der Waals surface area contributed by atoms with Gasteiger partial charge in [-0.3, -0.25) is 0 Å². The van der Waals surface area contributed by atoms with Crippen molar-refractivity contribution in [3.63, 3.8) is 0 Å². The molecule has 0 bridgehead atoms. The van der Waals surface area contributed by atoms with Crippen LogP contribution in [0, 0.1) is 5.92 Å². The smallest absolute Gasteiger partial charge is 0.136 e. The van der Waals surface area contributed by atoms with Gasteiger partial charge >= 0.3 is 0 Å². The molecule has 1 saturated heterocycles. The van der Waals surface area contributed by atoms with E-state index in [1.165, 1.54) is 10.8 Å². The highest BCUT2D eigenvalue weighted by molar-refractivity contribution is 7.90. The van der Waals surface area contributed by atoms with Gasteiger partial charge in [0.2, 0.25) is 0 Å². The van der Waals surface area contributed by atoms with Gasteiger partial charge in [0.15, 0.2) is 0 Å². The maximum atomic E-state index is 13.0. The minimum absolute atomic E-state index is 0.00166. The molecular weight excluding hydrogens is 344 g/mol. The highest BCUT2D eigenvalue weighted by Gasteiger charge is 2.36. The van der Waals surface area contributed by atoms with Gasteiger partial charge in [0.25, 0.3) is 0 Å². The fourth-order valence-electron chi connectivity index (χ4n) is 3.63. The predicted octanol–water partition coefficient (Wildman–Crippen LogP) is 3.94. The Labute approximate surface area is 160 Å². The summed E-state index contributed by atoms with van der Waals surface area (Å²) >= 11 is -1.15. The number of methoxy groups -OCH3 is 1. The van der Waals surface area contributed by atoms with E-state index in [2.05, 4.69) is 40.4 Å². The van der Waals surface area contributed by atoms with Crippen molar-refractivity contribution in [2.24, 2.45) is 5.92 Å². The number of benzene rings is 2. The lowest BCUT2D eigenvalue weighted by Crippen LogP contribution is -2.45. The molecule has 1 aliphatic rings. The Morgan fingerprint density at radius 3 is 2.50 bits per heavy atom. The molecule has 26 heavy (non-hydrogen) atoms. The Balaban J connectivity index is 2.10. The molecule has 2 aromatic rings. The van der Waals surface area contributed by atoms with Crippen LogP contribution in [0.4, 0.5) is 0 Å². The lowest BCUT2D eigenvalue weighted by atomic mass is 9.84. The molecule has 1 fully saturated rings. The summed E-state index contributed by atoms with van der Waals surface area (Å²) in [5.41, 5.74) is 1.13. The minimum Gasteiger partial charge on any atom is -0.598 e. The average Bonchev–Trinajstić information content (AvgIpc) is 2.65. The predicted molar refractivity (Wildman–Crippen MR) is 110 cm³/mol. The van der Waals surface area contributed by atoms with E-state index in [4.69, 9.17) is 4.74 Å². The Morgan fingerprint density at radius 2 is 1.85 bits per heavy atom. The standard InChI is InChI=1S/C21H30N2O2S/c1-21(2,3)26(24)23-20(16-11-13-22-14-12-16)19-17-8-6-5-7-15(17)9-10-18(19)25-4/h5-10,16,20,22-23H,11-14H2,1-4H3/t20-,26?/m1/s1. The number of nitrogens with one attached hydrogen (secondary N) is 2. The summed E-state index contributed by atoms with van der Waals surface area (Å²) in [4.78, 5) is 0. The first-order valence-corrected chi connectivity index (χ1v) is 10.5. The van der Waals surface area contributed by atoms with Gasteiger partial charge in [-0.05, 0) is 69.5 Å². The van der Waals surface area contributed by atoms with Crippen LogP contribution in [0.25, 0.3) is 10.8 Å². The van der Waals surface area contributed by atoms with E-state index in [9.17, 15) is 4.55 Å². The lowest BCUT2D eigenvalue weighted by molar-refractivity contribution is 0.299. The summed E-state index contributed by atoms with van der Waals surface area (Å²) in [6.45, 7) is 8.03. The quantitative estimate of drug-likeness (QED) is 0.779. The summed E-state index contributed by atoms with van der Waals surface area (Å²) in [7, 11) is 1.72.